The lowest BCUT2D eigenvalue weighted by Crippen LogP contribution is -2.27. The Bertz CT molecular complexity index is 1120. The molecule has 0 atom stereocenters. The lowest BCUT2D eigenvalue weighted by atomic mass is 10.2. The van der Waals surface area contributed by atoms with Crippen LogP contribution < -0.4 is 0 Å². The quantitative estimate of drug-likeness (QED) is 0.628. The van der Waals surface area contributed by atoms with Crippen molar-refractivity contribution in [2.24, 2.45) is 7.05 Å². The maximum Gasteiger partial charge on any atom is 0.253 e. The van der Waals surface area contributed by atoms with Gasteiger partial charge in [0.25, 0.3) is 15.9 Å². The second kappa shape index (κ2) is 7.23. The van der Waals surface area contributed by atoms with E-state index in [2.05, 4.69) is 4.98 Å². The Labute approximate surface area is 166 Å². The van der Waals surface area contributed by atoms with Gasteiger partial charge in [-0.05, 0) is 30.3 Å². The molecule has 0 unspecified atom stereocenters. The fraction of sp³-hybridized carbons (Fsp3) is 0.294. The van der Waals surface area contributed by atoms with Crippen LogP contribution in [0.25, 0.3) is 11.0 Å². The van der Waals surface area contributed by atoms with Crippen molar-refractivity contribution in [3.05, 3.63) is 46.1 Å². The van der Waals surface area contributed by atoms with Crippen molar-refractivity contribution in [2.45, 2.75) is 10.8 Å². The highest BCUT2D eigenvalue weighted by Gasteiger charge is 2.24. The van der Waals surface area contributed by atoms with E-state index in [0.29, 0.717) is 21.2 Å². The monoisotopic (exact) mass is 426 g/mol. The first-order valence-corrected chi connectivity index (χ1v) is 10.6. The summed E-state index contributed by atoms with van der Waals surface area (Å²) in [4.78, 5) is 18.2. The summed E-state index contributed by atoms with van der Waals surface area (Å²) in [6, 6.07) is 8.33. The molecule has 0 aliphatic heterocycles. The van der Waals surface area contributed by atoms with Crippen molar-refractivity contribution in [3.8, 4) is 0 Å². The van der Waals surface area contributed by atoms with Gasteiger partial charge in [0.1, 0.15) is 10.0 Å². The van der Waals surface area contributed by atoms with Gasteiger partial charge in [-0.25, -0.2) is 13.4 Å². The van der Waals surface area contributed by atoms with Crippen LogP contribution in [-0.2, 0) is 23.6 Å². The molecule has 2 aromatic heterocycles. The number of carbonyl (C=O) groups is 1. The van der Waals surface area contributed by atoms with E-state index in [1.54, 1.807) is 32.3 Å². The van der Waals surface area contributed by atoms with Gasteiger partial charge in [-0.2, -0.15) is 4.31 Å². The molecule has 0 spiro atoms. The molecule has 0 fully saturated rings. The summed E-state index contributed by atoms with van der Waals surface area (Å²) in [6.07, 6.45) is 0. The van der Waals surface area contributed by atoms with Crippen molar-refractivity contribution >= 4 is 49.9 Å². The first-order valence-electron chi connectivity index (χ1n) is 8.00. The molecule has 7 nitrogen and oxygen atoms in total. The fourth-order valence-corrected chi connectivity index (χ4v) is 5.48. The number of aryl methyl sites for hydroxylation is 1. The molecule has 0 N–H and O–H groups in total. The van der Waals surface area contributed by atoms with Crippen LogP contribution in [0.15, 0.2) is 34.5 Å². The second-order valence-electron chi connectivity index (χ2n) is 6.31. The van der Waals surface area contributed by atoms with Crippen molar-refractivity contribution in [1.29, 1.82) is 0 Å². The second-order valence-corrected chi connectivity index (χ2v) is 10.3. The highest BCUT2D eigenvalue weighted by atomic mass is 35.5. The van der Waals surface area contributed by atoms with Gasteiger partial charge in [0.2, 0.25) is 0 Å². The largest absolute Gasteiger partial charge is 0.345 e. The molecular weight excluding hydrogens is 408 g/mol. The van der Waals surface area contributed by atoms with Crippen LogP contribution in [0.2, 0.25) is 4.34 Å². The lowest BCUT2D eigenvalue weighted by Gasteiger charge is -2.15. The number of fused-ring (bicyclic) bond motifs is 1. The number of imidazole rings is 1. The molecule has 0 aliphatic carbocycles. The summed E-state index contributed by atoms with van der Waals surface area (Å²) in [6.45, 7) is 0.0972. The maximum atomic E-state index is 12.7. The Morgan fingerprint density at radius 1 is 1.22 bits per heavy atom. The molecule has 0 bridgehead atoms. The number of benzene rings is 1. The molecule has 0 aliphatic rings. The zero-order valence-electron chi connectivity index (χ0n) is 15.3. The Morgan fingerprint density at radius 3 is 2.52 bits per heavy atom. The van der Waals surface area contributed by atoms with Crippen LogP contribution in [-0.4, -0.2) is 54.2 Å². The summed E-state index contributed by atoms with van der Waals surface area (Å²) in [5.74, 6) is 0.464. The van der Waals surface area contributed by atoms with Gasteiger partial charge in [-0.1, -0.05) is 11.6 Å². The third-order valence-electron chi connectivity index (χ3n) is 4.20. The first kappa shape index (κ1) is 19.8. The Balaban J connectivity index is 1.93. The molecular formula is C17H19ClN4O3S2. The van der Waals surface area contributed by atoms with Gasteiger partial charge in [0.05, 0.1) is 21.9 Å². The molecule has 3 aromatic rings. The highest BCUT2D eigenvalue weighted by Crippen LogP contribution is 2.28. The zero-order chi connectivity index (χ0) is 19.9. The fourth-order valence-electron chi connectivity index (χ4n) is 2.66. The lowest BCUT2D eigenvalue weighted by molar-refractivity contribution is 0.0827. The average Bonchev–Trinajstić information content (AvgIpc) is 3.18. The molecule has 0 saturated carbocycles. The van der Waals surface area contributed by atoms with Gasteiger partial charge < -0.3 is 9.47 Å². The van der Waals surface area contributed by atoms with E-state index >= 15 is 0 Å². The topological polar surface area (TPSA) is 75.5 Å². The van der Waals surface area contributed by atoms with Gasteiger partial charge in [-0.15, -0.1) is 11.3 Å². The van der Waals surface area contributed by atoms with Gasteiger partial charge in [-0.3, -0.25) is 4.79 Å². The van der Waals surface area contributed by atoms with Crippen molar-refractivity contribution < 1.29 is 13.2 Å². The number of halogens is 1. The third-order valence-corrected chi connectivity index (χ3v) is 7.71. The maximum absolute atomic E-state index is 12.7. The van der Waals surface area contributed by atoms with E-state index in [-0.39, 0.29) is 16.7 Å². The average molecular weight is 427 g/mol. The summed E-state index contributed by atoms with van der Waals surface area (Å²) < 4.78 is 29.0. The van der Waals surface area contributed by atoms with Crippen LogP contribution in [0, 0.1) is 0 Å². The Hall–Kier alpha value is -1.94. The first-order chi connectivity index (χ1) is 12.6. The Morgan fingerprint density at radius 2 is 1.93 bits per heavy atom. The minimum absolute atomic E-state index is 0.0972. The number of aromatic nitrogens is 2. The normalized spacial score (nSPS) is 12.1. The number of amides is 1. The van der Waals surface area contributed by atoms with Crippen LogP contribution in [0.1, 0.15) is 16.2 Å². The van der Waals surface area contributed by atoms with Gasteiger partial charge in [0, 0.05) is 33.8 Å². The van der Waals surface area contributed by atoms with Crippen molar-refractivity contribution in [1.82, 2.24) is 18.8 Å². The van der Waals surface area contributed by atoms with Crippen LogP contribution in [0.3, 0.4) is 0 Å². The van der Waals surface area contributed by atoms with Crippen molar-refractivity contribution in [2.75, 3.05) is 21.1 Å². The molecule has 1 aromatic carbocycles. The van der Waals surface area contributed by atoms with Gasteiger partial charge in [0.15, 0.2) is 0 Å². The molecule has 10 heteroatoms. The standard InChI is InChI=1S/C17H19ClN4O3S2/c1-20(2)17(23)11-5-6-13-12(9-11)19-15(22(13)4)10-21(3)27(24,25)16-8-7-14(18)26-16/h5-9H,10H2,1-4H3. The molecule has 0 radical (unpaired) electrons. The van der Waals surface area contributed by atoms with E-state index in [9.17, 15) is 13.2 Å². The van der Waals surface area contributed by atoms with Crippen LogP contribution in [0.5, 0.6) is 0 Å². The number of nitrogens with zero attached hydrogens (tertiary/aromatic N) is 4. The minimum atomic E-state index is -3.65. The van der Waals surface area contributed by atoms with Gasteiger partial charge >= 0.3 is 0 Å². The molecule has 2 heterocycles. The molecule has 27 heavy (non-hydrogen) atoms. The Kier molecular flexibility index (Phi) is 5.31. The summed E-state index contributed by atoms with van der Waals surface area (Å²) in [5.41, 5.74) is 2.00. The summed E-state index contributed by atoms with van der Waals surface area (Å²) in [5, 5.41) is 0. The number of rotatable bonds is 5. The predicted molar refractivity (Wildman–Crippen MR) is 107 cm³/mol. The predicted octanol–water partition coefficient (Wildman–Crippen LogP) is 2.81. The SMILES string of the molecule is CN(C)C(=O)c1ccc2c(c1)nc(CN(C)S(=O)(=O)c1ccc(Cl)s1)n2C. The van der Waals surface area contributed by atoms with E-state index < -0.39 is 10.0 Å². The van der Waals surface area contributed by atoms with E-state index in [1.165, 1.54) is 22.3 Å². The third kappa shape index (κ3) is 3.73. The number of sulfonamides is 1. The minimum Gasteiger partial charge on any atom is -0.345 e. The molecule has 1 amide bonds. The van der Waals surface area contributed by atoms with E-state index in [0.717, 1.165) is 16.9 Å². The number of thiophene rings is 1. The smallest absolute Gasteiger partial charge is 0.253 e. The zero-order valence-corrected chi connectivity index (χ0v) is 17.7. The van der Waals surface area contributed by atoms with E-state index in [1.807, 2.05) is 17.7 Å². The van der Waals surface area contributed by atoms with Crippen molar-refractivity contribution in [3.63, 3.8) is 0 Å². The molecule has 0 saturated heterocycles. The summed E-state index contributed by atoms with van der Waals surface area (Å²) in [7, 11) is 3.05. The number of hydrogen-bond acceptors (Lipinski definition) is 5. The van der Waals surface area contributed by atoms with Crippen LogP contribution >= 0.6 is 22.9 Å². The van der Waals surface area contributed by atoms with E-state index in [4.69, 9.17) is 11.6 Å². The number of hydrogen-bond donors (Lipinski definition) is 0. The summed E-state index contributed by atoms with van der Waals surface area (Å²) >= 11 is 6.88. The molecule has 3 rings (SSSR count). The molecule has 144 valence electrons. The van der Waals surface area contributed by atoms with Crippen LogP contribution in [0.4, 0.5) is 0 Å². The number of carbonyl (C=O) groups excluding carboxylic acids is 1. The highest BCUT2D eigenvalue weighted by molar-refractivity contribution is 7.91.